The molecule has 30 heavy (non-hydrogen) atoms. The zero-order chi connectivity index (χ0) is 21.5. The number of hydrogen-bond donors (Lipinski definition) is 1. The van der Waals surface area contributed by atoms with Gasteiger partial charge in [0.2, 0.25) is 5.91 Å². The molecule has 2 aromatic carbocycles. The Morgan fingerprint density at radius 3 is 2.53 bits per heavy atom. The van der Waals surface area contributed by atoms with Gasteiger partial charge in [-0.3, -0.25) is 14.2 Å². The third kappa shape index (κ3) is 5.07. The van der Waals surface area contributed by atoms with Gasteiger partial charge in [0.15, 0.2) is 5.16 Å². The van der Waals surface area contributed by atoms with Gasteiger partial charge in [0.25, 0.3) is 5.56 Å². The number of carbonyl (C=O) groups is 2. The lowest BCUT2D eigenvalue weighted by Crippen LogP contribution is -2.22. The molecule has 1 amide bonds. The van der Waals surface area contributed by atoms with E-state index < -0.39 is 5.97 Å². The Bertz CT molecular complexity index is 1110. The topological polar surface area (TPSA) is 90.3 Å². The van der Waals surface area contributed by atoms with E-state index in [-0.39, 0.29) is 17.9 Å². The van der Waals surface area contributed by atoms with E-state index in [1.54, 1.807) is 41.8 Å². The lowest BCUT2D eigenvalue weighted by atomic mass is 10.2. The minimum atomic E-state index is -0.392. The molecule has 8 heteroatoms. The highest BCUT2D eigenvalue weighted by molar-refractivity contribution is 7.99. The van der Waals surface area contributed by atoms with Crippen molar-refractivity contribution in [3.05, 3.63) is 64.4 Å². The van der Waals surface area contributed by atoms with Crippen LogP contribution in [0.2, 0.25) is 0 Å². The fourth-order valence-electron chi connectivity index (χ4n) is 2.90. The molecule has 1 aromatic heterocycles. The molecular weight excluding hydrogens is 402 g/mol. The van der Waals surface area contributed by atoms with Gasteiger partial charge in [-0.1, -0.05) is 23.9 Å². The molecule has 1 heterocycles. The summed E-state index contributed by atoms with van der Waals surface area (Å²) in [6.45, 7) is 4.47. The summed E-state index contributed by atoms with van der Waals surface area (Å²) in [6, 6.07) is 13.8. The standard InChI is InChI=1S/C22H23N3O4S/c1-3-25-20(27)17-7-5-6-8-18(17)24-22(25)30-14-13-19(26)23-16-11-9-15(10-12-16)21(28)29-4-2/h5-12H,3-4,13-14H2,1-2H3,(H,23,26). The second kappa shape index (κ2) is 10.1. The Morgan fingerprint density at radius 2 is 1.83 bits per heavy atom. The molecule has 0 bridgehead atoms. The Morgan fingerprint density at radius 1 is 1.10 bits per heavy atom. The van der Waals surface area contributed by atoms with E-state index in [0.29, 0.717) is 46.2 Å². The van der Waals surface area contributed by atoms with Gasteiger partial charge in [-0.25, -0.2) is 9.78 Å². The van der Waals surface area contributed by atoms with Crippen LogP contribution >= 0.6 is 11.8 Å². The zero-order valence-electron chi connectivity index (χ0n) is 16.9. The molecule has 0 unspecified atom stereocenters. The fraction of sp³-hybridized carbons (Fsp3) is 0.273. The zero-order valence-corrected chi connectivity index (χ0v) is 17.7. The predicted octanol–water partition coefficient (Wildman–Crippen LogP) is 3.71. The summed E-state index contributed by atoms with van der Waals surface area (Å²) in [5, 5.41) is 4.00. The van der Waals surface area contributed by atoms with Crippen LogP contribution in [0.4, 0.5) is 5.69 Å². The van der Waals surface area contributed by atoms with Gasteiger partial charge in [-0.15, -0.1) is 0 Å². The molecule has 0 fully saturated rings. The minimum absolute atomic E-state index is 0.0725. The Balaban J connectivity index is 1.59. The number of ether oxygens (including phenoxy) is 1. The minimum Gasteiger partial charge on any atom is -0.462 e. The van der Waals surface area contributed by atoms with Crippen LogP contribution < -0.4 is 10.9 Å². The van der Waals surface area contributed by atoms with Gasteiger partial charge in [0.05, 0.1) is 23.1 Å². The number of fused-ring (bicyclic) bond motifs is 1. The smallest absolute Gasteiger partial charge is 0.338 e. The Hall–Kier alpha value is -3.13. The van der Waals surface area contributed by atoms with Crippen molar-refractivity contribution in [2.75, 3.05) is 17.7 Å². The molecule has 156 valence electrons. The van der Waals surface area contributed by atoms with Gasteiger partial charge in [0, 0.05) is 24.4 Å². The van der Waals surface area contributed by atoms with Crippen LogP contribution in [0.1, 0.15) is 30.6 Å². The van der Waals surface area contributed by atoms with Crippen LogP contribution in [0.15, 0.2) is 58.5 Å². The third-order valence-corrected chi connectivity index (χ3v) is 5.36. The molecule has 1 N–H and O–H groups in total. The highest BCUT2D eigenvalue weighted by Gasteiger charge is 2.12. The number of hydrogen-bond acceptors (Lipinski definition) is 6. The van der Waals surface area contributed by atoms with E-state index in [0.717, 1.165) is 0 Å². The second-order valence-electron chi connectivity index (χ2n) is 6.41. The highest BCUT2D eigenvalue weighted by Crippen LogP contribution is 2.19. The number of aromatic nitrogens is 2. The van der Waals surface area contributed by atoms with Crippen LogP contribution in [0.5, 0.6) is 0 Å². The van der Waals surface area contributed by atoms with Gasteiger partial charge < -0.3 is 10.1 Å². The van der Waals surface area contributed by atoms with E-state index in [1.165, 1.54) is 11.8 Å². The van der Waals surface area contributed by atoms with E-state index in [4.69, 9.17) is 4.74 Å². The number of nitrogens with one attached hydrogen (secondary N) is 1. The summed E-state index contributed by atoms with van der Waals surface area (Å²) < 4.78 is 6.56. The van der Waals surface area contributed by atoms with Gasteiger partial charge in [-0.2, -0.15) is 0 Å². The maximum absolute atomic E-state index is 12.6. The average Bonchev–Trinajstić information content (AvgIpc) is 2.75. The first-order valence-electron chi connectivity index (χ1n) is 9.73. The molecule has 0 aliphatic carbocycles. The van der Waals surface area contributed by atoms with Crippen LogP contribution in [0.3, 0.4) is 0 Å². The van der Waals surface area contributed by atoms with Gasteiger partial charge >= 0.3 is 5.97 Å². The monoisotopic (exact) mass is 425 g/mol. The number of amides is 1. The summed E-state index contributed by atoms with van der Waals surface area (Å²) in [5.41, 5.74) is 1.62. The quantitative estimate of drug-likeness (QED) is 0.336. The molecule has 0 saturated carbocycles. The number of rotatable bonds is 8. The maximum atomic E-state index is 12.6. The summed E-state index contributed by atoms with van der Waals surface area (Å²) in [6.07, 6.45) is 0.261. The Kier molecular flexibility index (Phi) is 7.24. The van der Waals surface area contributed by atoms with Crippen LogP contribution in [0, 0.1) is 0 Å². The number of nitrogens with zero attached hydrogens (tertiary/aromatic N) is 2. The first kappa shape index (κ1) is 21.6. The number of carbonyl (C=O) groups excluding carboxylic acids is 2. The third-order valence-electron chi connectivity index (χ3n) is 4.38. The van der Waals surface area contributed by atoms with E-state index in [2.05, 4.69) is 10.3 Å². The second-order valence-corrected chi connectivity index (χ2v) is 7.47. The molecule has 0 aliphatic heterocycles. The SMILES string of the molecule is CCOC(=O)c1ccc(NC(=O)CCSc2nc3ccccc3c(=O)n2CC)cc1. The van der Waals surface area contributed by atoms with Crippen LogP contribution in [-0.4, -0.2) is 33.8 Å². The van der Waals surface area contributed by atoms with Crippen molar-refractivity contribution in [1.29, 1.82) is 0 Å². The number of benzene rings is 2. The van der Waals surface area contributed by atoms with Crippen LogP contribution in [-0.2, 0) is 16.1 Å². The molecule has 0 radical (unpaired) electrons. The summed E-state index contributed by atoms with van der Waals surface area (Å²) in [7, 11) is 0. The first-order chi connectivity index (χ1) is 14.5. The van der Waals surface area contributed by atoms with E-state index in [1.807, 2.05) is 25.1 Å². The van der Waals surface area contributed by atoms with Gasteiger partial charge in [0.1, 0.15) is 0 Å². The summed E-state index contributed by atoms with van der Waals surface area (Å²) in [5.74, 6) is -0.0634. The van der Waals surface area contributed by atoms with Crippen LogP contribution in [0.25, 0.3) is 10.9 Å². The van der Waals surface area contributed by atoms with Crippen molar-refractivity contribution < 1.29 is 14.3 Å². The van der Waals surface area contributed by atoms with Gasteiger partial charge in [-0.05, 0) is 50.2 Å². The summed E-state index contributed by atoms with van der Waals surface area (Å²) >= 11 is 1.38. The maximum Gasteiger partial charge on any atom is 0.338 e. The van der Waals surface area contributed by atoms with Crippen molar-refractivity contribution >= 4 is 40.2 Å². The summed E-state index contributed by atoms with van der Waals surface area (Å²) in [4.78, 5) is 41.1. The molecular formula is C22H23N3O4S. The first-order valence-corrected chi connectivity index (χ1v) is 10.7. The van der Waals surface area contributed by atoms with E-state index in [9.17, 15) is 14.4 Å². The molecule has 3 rings (SSSR count). The molecule has 7 nitrogen and oxygen atoms in total. The molecule has 0 spiro atoms. The lowest BCUT2D eigenvalue weighted by Gasteiger charge is -2.11. The fourth-order valence-corrected chi connectivity index (χ4v) is 3.90. The lowest BCUT2D eigenvalue weighted by molar-refractivity contribution is -0.115. The van der Waals surface area contributed by atoms with E-state index >= 15 is 0 Å². The number of para-hydroxylation sites is 1. The predicted molar refractivity (Wildman–Crippen MR) is 118 cm³/mol. The molecule has 0 atom stereocenters. The number of esters is 1. The van der Waals surface area contributed by atoms with Crippen molar-refractivity contribution in [1.82, 2.24) is 9.55 Å². The molecule has 0 saturated heterocycles. The van der Waals surface area contributed by atoms with Crippen molar-refractivity contribution in [2.24, 2.45) is 0 Å². The number of anilines is 1. The molecule has 3 aromatic rings. The largest absolute Gasteiger partial charge is 0.462 e. The van der Waals surface area contributed by atoms with Crippen molar-refractivity contribution in [2.45, 2.75) is 32.0 Å². The highest BCUT2D eigenvalue weighted by atomic mass is 32.2. The number of thioether (sulfide) groups is 1. The normalized spacial score (nSPS) is 10.7. The Labute approximate surface area is 178 Å². The van der Waals surface area contributed by atoms with Crippen molar-refractivity contribution in [3.63, 3.8) is 0 Å². The van der Waals surface area contributed by atoms with Crippen molar-refractivity contribution in [3.8, 4) is 0 Å². The molecule has 0 aliphatic rings. The average molecular weight is 426 g/mol.